The van der Waals surface area contributed by atoms with Gasteiger partial charge in [-0.15, -0.1) is 0 Å². The molecule has 0 fully saturated rings. The van der Waals surface area contributed by atoms with Crippen molar-refractivity contribution in [1.29, 1.82) is 0 Å². The van der Waals surface area contributed by atoms with E-state index in [2.05, 4.69) is 16.6 Å². The van der Waals surface area contributed by atoms with Crippen molar-refractivity contribution >= 4 is 6.47 Å². The first-order chi connectivity index (χ1) is 3.43. The van der Waals surface area contributed by atoms with E-state index in [1.165, 1.54) is 6.47 Å². The fourth-order valence-corrected chi connectivity index (χ4v) is 0.315. The maximum atomic E-state index is 9.39. The molecule has 35 valence electrons. The highest BCUT2D eigenvalue weighted by Gasteiger charge is 2.08. The van der Waals surface area contributed by atoms with Crippen molar-refractivity contribution in [1.82, 2.24) is 0 Å². The van der Waals surface area contributed by atoms with Gasteiger partial charge < -0.3 is 4.74 Å². The molecule has 0 aliphatic heterocycles. The smallest absolute Gasteiger partial charge is 0.418 e. The van der Waals surface area contributed by atoms with Gasteiger partial charge in [-0.05, 0) is 0 Å². The Morgan fingerprint density at radius 3 is 2.71 bits per heavy atom. The highest BCUT2D eigenvalue weighted by molar-refractivity contribution is 5.41. The van der Waals surface area contributed by atoms with Crippen molar-refractivity contribution in [3.63, 3.8) is 0 Å². The van der Waals surface area contributed by atoms with Gasteiger partial charge in [0, 0.05) is 0 Å². The van der Waals surface area contributed by atoms with Gasteiger partial charge in [0.2, 0.25) is 0 Å². The van der Waals surface area contributed by atoms with Gasteiger partial charge in [0.15, 0.2) is 6.10 Å². The van der Waals surface area contributed by atoms with E-state index in [1.54, 1.807) is 0 Å². The Morgan fingerprint density at radius 1 is 1.86 bits per heavy atom. The Kier molecular flexibility index (Phi) is 0.991. The second kappa shape index (κ2) is 1.65. The Hall–Kier alpha value is -0.970. The summed E-state index contributed by atoms with van der Waals surface area (Å²) in [6.45, 7) is 1.32. The van der Waals surface area contributed by atoms with Gasteiger partial charge >= 0.3 is 6.47 Å². The van der Waals surface area contributed by atoms with Crippen LogP contribution >= 0.6 is 0 Å². The van der Waals surface area contributed by atoms with Gasteiger partial charge in [-0.3, -0.25) is 0 Å². The zero-order valence-electron chi connectivity index (χ0n) is 3.60. The normalized spacial score (nSPS) is 23.7. The van der Waals surface area contributed by atoms with Crippen molar-refractivity contribution in [2.24, 2.45) is 0 Å². The van der Waals surface area contributed by atoms with Crippen LogP contribution in [-0.4, -0.2) is 12.6 Å². The van der Waals surface area contributed by atoms with Crippen LogP contribution in [0, 0.1) is 11.8 Å². The van der Waals surface area contributed by atoms with E-state index < -0.39 is 0 Å². The van der Waals surface area contributed by atoms with Crippen LogP contribution in [0.5, 0.6) is 0 Å². The predicted molar refractivity (Wildman–Crippen MR) is 23.0 cm³/mol. The molecule has 0 saturated carbocycles. The average Bonchev–Trinajstić information content (AvgIpc) is 1.55. The first-order valence-electron chi connectivity index (χ1n) is 1.94. The Labute approximate surface area is 41.5 Å². The fourth-order valence-electron chi connectivity index (χ4n) is 0.315. The third-order valence-electron chi connectivity index (χ3n) is 0.741. The summed E-state index contributed by atoms with van der Waals surface area (Å²) in [7, 11) is 0. The highest BCUT2D eigenvalue weighted by atomic mass is 16.5. The van der Waals surface area contributed by atoms with E-state index >= 15 is 0 Å². The predicted octanol–water partition coefficient (Wildman–Crippen LogP) is -0.154. The van der Waals surface area contributed by atoms with Gasteiger partial charge in [-0.25, -0.2) is 4.79 Å². The van der Waals surface area contributed by atoms with Crippen LogP contribution in [-0.2, 0) is 9.53 Å². The molecule has 0 aromatic rings. The molecule has 1 rings (SSSR count). The van der Waals surface area contributed by atoms with Crippen molar-refractivity contribution in [3.8, 4) is 11.8 Å². The van der Waals surface area contributed by atoms with Gasteiger partial charge in [-0.1, -0.05) is 11.8 Å². The largest absolute Gasteiger partial charge is 0.440 e. The lowest BCUT2D eigenvalue weighted by molar-refractivity contribution is 0.223. The van der Waals surface area contributed by atoms with E-state index in [-0.39, 0.29) is 6.10 Å². The van der Waals surface area contributed by atoms with E-state index in [0.29, 0.717) is 6.42 Å². The summed E-state index contributed by atoms with van der Waals surface area (Å²) in [5.74, 6) is 5.30. The topological polar surface area (TPSA) is 26.3 Å². The molecule has 1 atom stereocenters. The number of hydrogen-bond acceptors (Lipinski definition) is 2. The molecular weight excluding hydrogens is 92.1 g/mol. The van der Waals surface area contributed by atoms with E-state index in [0.717, 1.165) is 0 Å². The lowest BCUT2D eigenvalue weighted by Gasteiger charge is -2.07. The lowest BCUT2D eigenvalue weighted by atomic mass is 10.1. The second-order valence-electron chi connectivity index (χ2n) is 1.22. The molecule has 2 nitrogen and oxygen atoms in total. The van der Waals surface area contributed by atoms with Crippen LogP contribution in [0.25, 0.3) is 0 Å². The van der Waals surface area contributed by atoms with Crippen molar-refractivity contribution in [2.75, 3.05) is 0 Å². The lowest BCUT2D eigenvalue weighted by Crippen LogP contribution is -2.13. The molecule has 1 aliphatic rings. The third-order valence-corrected chi connectivity index (χ3v) is 0.741. The van der Waals surface area contributed by atoms with E-state index in [9.17, 15) is 4.79 Å². The molecule has 0 heterocycles. The Balaban J connectivity index is 2.22. The molecule has 0 amide bonds. The monoisotopic (exact) mass is 95.0 g/mol. The highest BCUT2D eigenvalue weighted by Crippen LogP contribution is 2.00. The summed E-state index contributed by atoms with van der Waals surface area (Å²) < 4.78 is 4.30. The maximum Gasteiger partial charge on any atom is 0.418 e. The van der Waals surface area contributed by atoms with Crippen molar-refractivity contribution in [3.05, 3.63) is 0 Å². The van der Waals surface area contributed by atoms with E-state index in [1.807, 2.05) is 0 Å². The summed E-state index contributed by atoms with van der Waals surface area (Å²) in [5, 5.41) is 0. The molecule has 0 saturated heterocycles. The zero-order valence-corrected chi connectivity index (χ0v) is 3.60. The Morgan fingerprint density at radius 2 is 2.57 bits per heavy atom. The molecule has 7 heavy (non-hydrogen) atoms. The molecule has 1 aliphatic carbocycles. The van der Waals surface area contributed by atoms with Crippen LogP contribution in [0.2, 0.25) is 0 Å². The van der Waals surface area contributed by atoms with Gasteiger partial charge in [0.1, 0.15) is 0 Å². The van der Waals surface area contributed by atoms with E-state index in [4.69, 9.17) is 0 Å². The molecule has 1 radical (unpaired) electrons. The summed E-state index contributed by atoms with van der Waals surface area (Å²) in [6, 6.07) is 0. The minimum atomic E-state index is -0.155. The van der Waals surface area contributed by atoms with Crippen LogP contribution in [0.3, 0.4) is 0 Å². The minimum Gasteiger partial charge on any atom is -0.440 e. The molecule has 0 bridgehead atoms. The number of hydrogen-bond donors (Lipinski definition) is 0. The molecular formula is C5H3O2. The number of carbonyl (C=O) groups excluding carboxylic acids is 1. The minimum absolute atomic E-state index is 0.155. The summed E-state index contributed by atoms with van der Waals surface area (Å²) in [5.41, 5.74) is 0. The summed E-state index contributed by atoms with van der Waals surface area (Å²) in [6.07, 6.45) is 0.521. The molecule has 0 aromatic heterocycles. The van der Waals surface area contributed by atoms with Gasteiger partial charge in [-0.2, -0.15) is 0 Å². The number of ether oxygens (including phenoxy) is 1. The molecule has 0 spiro atoms. The first-order valence-corrected chi connectivity index (χ1v) is 1.94. The van der Waals surface area contributed by atoms with Crippen LogP contribution in [0.15, 0.2) is 0 Å². The average molecular weight is 95.1 g/mol. The maximum absolute atomic E-state index is 9.39. The fraction of sp³-hybridized carbons (Fsp3) is 0.400. The molecule has 0 aromatic carbocycles. The zero-order chi connectivity index (χ0) is 5.11. The van der Waals surface area contributed by atoms with Crippen LogP contribution in [0.4, 0.5) is 0 Å². The molecule has 2 heteroatoms. The quantitative estimate of drug-likeness (QED) is 0.446. The molecule has 0 N–H and O–H groups in total. The SMILES string of the molecule is O=[C]OC1C#CC1. The number of rotatable bonds is 2. The summed E-state index contributed by atoms with van der Waals surface area (Å²) >= 11 is 0. The van der Waals surface area contributed by atoms with Crippen molar-refractivity contribution < 1.29 is 9.53 Å². The third kappa shape index (κ3) is 0.716. The van der Waals surface area contributed by atoms with Crippen molar-refractivity contribution in [2.45, 2.75) is 12.5 Å². The van der Waals surface area contributed by atoms with Crippen LogP contribution in [0.1, 0.15) is 6.42 Å². The second-order valence-corrected chi connectivity index (χ2v) is 1.22. The molecule has 1 unspecified atom stereocenters. The first kappa shape index (κ1) is 4.20. The summed E-state index contributed by atoms with van der Waals surface area (Å²) in [4.78, 5) is 9.39. The standard InChI is InChI=1S/C5H3O2/c6-4-7-5-2-1-3-5/h5H,2H2. The van der Waals surface area contributed by atoms with Crippen LogP contribution < -0.4 is 0 Å². The van der Waals surface area contributed by atoms with Gasteiger partial charge in [0.25, 0.3) is 0 Å². The van der Waals surface area contributed by atoms with Gasteiger partial charge in [0.05, 0.1) is 6.42 Å². The Bertz CT molecular complexity index is 129.